The van der Waals surface area contributed by atoms with E-state index in [4.69, 9.17) is 4.52 Å². The molecule has 1 N–H and O–H groups in total. The van der Waals surface area contributed by atoms with Gasteiger partial charge in [-0.2, -0.15) is 4.98 Å². The zero-order valence-corrected chi connectivity index (χ0v) is 13.5. The number of nitrogens with one attached hydrogen (secondary N) is 1. The fourth-order valence-corrected chi connectivity index (χ4v) is 3.18. The molecule has 0 aromatic carbocycles. The predicted molar refractivity (Wildman–Crippen MR) is 87.1 cm³/mol. The molecular weight excluding hydrogens is 290 g/mol. The molecule has 1 saturated heterocycles. The molecule has 1 aliphatic carbocycles. The minimum atomic E-state index is 0.204. The zero-order chi connectivity index (χ0) is 15.6. The molecule has 3 heterocycles. The summed E-state index contributed by atoms with van der Waals surface area (Å²) < 4.78 is 5.48. The molecule has 0 spiro atoms. The molecule has 2 atom stereocenters. The van der Waals surface area contributed by atoms with Crippen LogP contribution in [0.4, 0.5) is 5.82 Å². The quantitative estimate of drug-likeness (QED) is 0.884. The minimum absolute atomic E-state index is 0.204. The van der Waals surface area contributed by atoms with Crippen LogP contribution in [-0.4, -0.2) is 39.7 Å². The maximum Gasteiger partial charge on any atom is 0.243 e. The molecular formula is C17H23N5O. The monoisotopic (exact) mass is 313 g/mol. The van der Waals surface area contributed by atoms with E-state index >= 15 is 0 Å². The Balaban J connectivity index is 1.30. The van der Waals surface area contributed by atoms with E-state index in [-0.39, 0.29) is 6.04 Å². The number of aromatic nitrogens is 3. The van der Waals surface area contributed by atoms with Crippen LogP contribution in [0.5, 0.6) is 0 Å². The average molecular weight is 313 g/mol. The molecule has 1 aliphatic heterocycles. The van der Waals surface area contributed by atoms with Gasteiger partial charge in [0.1, 0.15) is 5.82 Å². The summed E-state index contributed by atoms with van der Waals surface area (Å²) in [6.07, 6.45) is 5.42. The van der Waals surface area contributed by atoms with Gasteiger partial charge in [0, 0.05) is 25.2 Å². The number of likely N-dealkylation sites (tertiary alicyclic amines) is 1. The first kappa shape index (κ1) is 14.6. The van der Waals surface area contributed by atoms with Crippen LogP contribution in [-0.2, 0) is 0 Å². The van der Waals surface area contributed by atoms with Gasteiger partial charge in [0.05, 0.1) is 6.04 Å². The highest BCUT2D eigenvalue weighted by molar-refractivity contribution is 5.33. The Morgan fingerprint density at radius 2 is 2.26 bits per heavy atom. The lowest BCUT2D eigenvalue weighted by molar-refractivity contribution is 0.203. The van der Waals surface area contributed by atoms with Gasteiger partial charge >= 0.3 is 0 Å². The summed E-state index contributed by atoms with van der Waals surface area (Å²) in [5, 5.41) is 7.56. The average Bonchev–Trinajstić information content (AvgIpc) is 3.14. The van der Waals surface area contributed by atoms with E-state index in [0.29, 0.717) is 11.8 Å². The van der Waals surface area contributed by atoms with Crippen LogP contribution in [0.15, 0.2) is 28.9 Å². The topological polar surface area (TPSA) is 67.1 Å². The highest BCUT2D eigenvalue weighted by Gasteiger charge is 2.32. The van der Waals surface area contributed by atoms with Crippen LogP contribution in [0, 0.1) is 5.92 Å². The van der Waals surface area contributed by atoms with Gasteiger partial charge < -0.3 is 9.84 Å². The Kier molecular flexibility index (Phi) is 3.99. The van der Waals surface area contributed by atoms with Gasteiger partial charge in [-0.05, 0) is 50.8 Å². The smallest absolute Gasteiger partial charge is 0.243 e. The third-order valence-electron chi connectivity index (χ3n) is 4.86. The molecule has 1 saturated carbocycles. The minimum Gasteiger partial charge on any atom is -0.370 e. The van der Waals surface area contributed by atoms with Crippen molar-refractivity contribution in [2.24, 2.45) is 5.92 Å². The van der Waals surface area contributed by atoms with E-state index in [0.717, 1.165) is 37.2 Å². The van der Waals surface area contributed by atoms with E-state index in [2.05, 4.69) is 32.3 Å². The second-order valence-electron chi connectivity index (χ2n) is 6.69. The van der Waals surface area contributed by atoms with Crippen molar-refractivity contribution in [2.75, 3.05) is 25.0 Å². The van der Waals surface area contributed by atoms with Crippen molar-refractivity contribution >= 4 is 5.82 Å². The van der Waals surface area contributed by atoms with Crippen molar-refractivity contribution in [2.45, 2.75) is 38.1 Å². The Morgan fingerprint density at radius 3 is 3.04 bits per heavy atom. The SMILES string of the molecule is C[C@@H](c1nc(C2CC2)no1)N1CC[C@H](CNc2ccccn2)C1. The van der Waals surface area contributed by atoms with Crippen molar-refractivity contribution in [3.63, 3.8) is 0 Å². The maximum atomic E-state index is 5.48. The van der Waals surface area contributed by atoms with E-state index in [1.165, 1.54) is 19.3 Å². The van der Waals surface area contributed by atoms with Crippen molar-refractivity contribution in [3.8, 4) is 0 Å². The molecule has 2 aromatic rings. The summed E-state index contributed by atoms with van der Waals surface area (Å²) in [6.45, 7) is 5.26. The first-order valence-corrected chi connectivity index (χ1v) is 8.52. The Hall–Kier alpha value is -1.95. The summed E-state index contributed by atoms with van der Waals surface area (Å²) in [5.41, 5.74) is 0. The fourth-order valence-electron chi connectivity index (χ4n) is 3.18. The molecule has 2 aromatic heterocycles. The molecule has 0 bridgehead atoms. The highest BCUT2D eigenvalue weighted by Crippen LogP contribution is 2.39. The normalized spacial score (nSPS) is 23.1. The maximum absolute atomic E-state index is 5.48. The van der Waals surface area contributed by atoms with Gasteiger partial charge in [0.2, 0.25) is 5.89 Å². The number of rotatable bonds is 6. The van der Waals surface area contributed by atoms with E-state index in [9.17, 15) is 0 Å². The lowest BCUT2D eigenvalue weighted by Crippen LogP contribution is -2.26. The van der Waals surface area contributed by atoms with Crippen LogP contribution in [0.25, 0.3) is 0 Å². The largest absolute Gasteiger partial charge is 0.370 e. The highest BCUT2D eigenvalue weighted by atomic mass is 16.5. The number of hydrogen-bond donors (Lipinski definition) is 1. The molecule has 2 aliphatic rings. The Labute approximate surface area is 136 Å². The fraction of sp³-hybridized carbons (Fsp3) is 0.588. The van der Waals surface area contributed by atoms with Gasteiger partial charge in [-0.25, -0.2) is 4.98 Å². The molecule has 4 rings (SSSR count). The van der Waals surface area contributed by atoms with Crippen LogP contribution in [0.2, 0.25) is 0 Å². The summed E-state index contributed by atoms with van der Waals surface area (Å²) >= 11 is 0. The molecule has 23 heavy (non-hydrogen) atoms. The number of hydrogen-bond acceptors (Lipinski definition) is 6. The summed E-state index contributed by atoms with van der Waals surface area (Å²) in [6, 6.07) is 6.15. The van der Waals surface area contributed by atoms with Crippen molar-refractivity contribution in [3.05, 3.63) is 36.1 Å². The molecule has 6 nitrogen and oxygen atoms in total. The van der Waals surface area contributed by atoms with Gasteiger partial charge in [-0.1, -0.05) is 11.2 Å². The third-order valence-corrected chi connectivity index (χ3v) is 4.86. The van der Waals surface area contributed by atoms with Crippen molar-refractivity contribution in [1.29, 1.82) is 0 Å². The second kappa shape index (κ2) is 6.28. The molecule has 0 unspecified atom stereocenters. The number of nitrogens with zero attached hydrogens (tertiary/aromatic N) is 4. The molecule has 0 amide bonds. The summed E-state index contributed by atoms with van der Waals surface area (Å²) in [5.74, 6) is 3.80. The lowest BCUT2D eigenvalue weighted by atomic mass is 10.1. The first-order chi connectivity index (χ1) is 11.3. The van der Waals surface area contributed by atoms with Gasteiger partial charge in [0.15, 0.2) is 5.82 Å². The lowest BCUT2D eigenvalue weighted by Gasteiger charge is -2.21. The van der Waals surface area contributed by atoms with E-state index in [1.807, 2.05) is 24.4 Å². The zero-order valence-electron chi connectivity index (χ0n) is 13.5. The summed E-state index contributed by atoms with van der Waals surface area (Å²) in [7, 11) is 0. The van der Waals surface area contributed by atoms with Crippen LogP contribution < -0.4 is 5.32 Å². The first-order valence-electron chi connectivity index (χ1n) is 8.52. The van der Waals surface area contributed by atoms with Gasteiger partial charge in [-0.15, -0.1) is 0 Å². The van der Waals surface area contributed by atoms with Crippen molar-refractivity contribution < 1.29 is 4.52 Å². The summed E-state index contributed by atoms with van der Waals surface area (Å²) in [4.78, 5) is 11.3. The molecule has 0 radical (unpaired) electrons. The standard InChI is InChI=1S/C17H23N5O/c1-12(17-20-16(21-23-17)14-5-6-14)22-9-7-13(11-22)10-19-15-4-2-3-8-18-15/h2-4,8,12-14H,5-7,9-11H2,1H3,(H,18,19)/t12-,13+/m0/s1. The van der Waals surface area contributed by atoms with Crippen LogP contribution in [0.1, 0.15) is 49.9 Å². The molecule has 122 valence electrons. The second-order valence-corrected chi connectivity index (χ2v) is 6.69. The van der Waals surface area contributed by atoms with E-state index < -0.39 is 0 Å². The molecule has 2 fully saturated rings. The third kappa shape index (κ3) is 3.37. The van der Waals surface area contributed by atoms with Gasteiger partial charge in [-0.3, -0.25) is 4.90 Å². The Bertz CT molecular complexity index is 639. The van der Waals surface area contributed by atoms with Crippen molar-refractivity contribution in [1.82, 2.24) is 20.0 Å². The Morgan fingerprint density at radius 1 is 1.35 bits per heavy atom. The number of pyridine rings is 1. The number of anilines is 1. The van der Waals surface area contributed by atoms with E-state index in [1.54, 1.807) is 0 Å². The molecule has 6 heteroatoms. The van der Waals surface area contributed by atoms with Crippen LogP contribution >= 0.6 is 0 Å². The predicted octanol–water partition coefficient (Wildman–Crippen LogP) is 2.84. The van der Waals surface area contributed by atoms with Gasteiger partial charge in [0.25, 0.3) is 0 Å². The van der Waals surface area contributed by atoms with Crippen LogP contribution in [0.3, 0.4) is 0 Å².